The second-order valence-corrected chi connectivity index (χ2v) is 7.35. The summed E-state index contributed by atoms with van der Waals surface area (Å²) >= 11 is 0. The van der Waals surface area contributed by atoms with Crippen LogP contribution >= 0.6 is 0 Å². The minimum atomic E-state index is -0.195. The van der Waals surface area contributed by atoms with E-state index in [4.69, 9.17) is 0 Å². The number of rotatable bonds is 4. The molecule has 5 rings (SSSR count). The zero-order chi connectivity index (χ0) is 19.8. The lowest BCUT2D eigenvalue weighted by molar-refractivity contribution is 0.527. The third-order valence-corrected chi connectivity index (χ3v) is 5.26. The van der Waals surface area contributed by atoms with Gasteiger partial charge in [0.05, 0.1) is 23.8 Å². The molecule has 4 aromatic rings. The van der Waals surface area contributed by atoms with Crippen molar-refractivity contribution in [2.75, 3.05) is 23.3 Å². The number of para-hydroxylation sites is 1. The molecule has 1 atom stereocenters. The molecule has 1 aromatic carbocycles. The molecule has 0 aliphatic carbocycles. The van der Waals surface area contributed by atoms with Gasteiger partial charge in [-0.15, -0.1) is 0 Å². The molecule has 29 heavy (non-hydrogen) atoms. The summed E-state index contributed by atoms with van der Waals surface area (Å²) in [4.78, 5) is 22.4. The van der Waals surface area contributed by atoms with E-state index < -0.39 is 0 Å². The molecular formula is C20H22N8O. The van der Waals surface area contributed by atoms with Crippen LogP contribution in [0.1, 0.15) is 12.8 Å². The number of nitrogens with one attached hydrogen (secondary N) is 2. The average Bonchev–Trinajstić information content (AvgIpc) is 3.36. The molecule has 0 radical (unpaired) electrons. The fraction of sp³-hybridized carbons (Fsp3) is 0.300. The predicted octanol–water partition coefficient (Wildman–Crippen LogP) is 1.92. The normalized spacial score (nSPS) is 17.0. The average molecular weight is 390 g/mol. The van der Waals surface area contributed by atoms with Crippen molar-refractivity contribution in [2.45, 2.75) is 18.9 Å². The predicted molar refractivity (Wildman–Crippen MR) is 112 cm³/mol. The van der Waals surface area contributed by atoms with Crippen LogP contribution in [-0.2, 0) is 7.05 Å². The van der Waals surface area contributed by atoms with Crippen LogP contribution in [0.25, 0.3) is 16.7 Å². The van der Waals surface area contributed by atoms with Gasteiger partial charge in [0.15, 0.2) is 5.65 Å². The van der Waals surface area contributed by atoms with Crippen LogP contribution < -0.4 is 15.8 Å². The van der Waals surface area contributed by atoms with E-state index in [1.54, 1.807) is 10.9 Å². The van der Waals surface area contributed by atoms with Gasteiger partial charge >= 0.3 is 0 Å². The Morgan fingerprint density at radius 1 is 1.14 bits per heavy atom. The Morgan fingerprint density at radius 2 is 2.00 bits per heavy atom. The molecule has 0 spiro atoms. The molecule has 1 aliphatic heterocycles. The van der Waals surface area contributed by atoms with E-state index in [0.717, 1.165) is 37.3 Å². The van der Waals surface area contributed by atoms with Crippen molar-refractivity contribution in [3.8, 4) is 5.69 Å². The summed E-state index contributed by atoms with van der Waals surface area (Å²) < 4.78 is 3.50. The van der Waals surface area contributed by atoms with Crippen LogP contribution in [-0.4, -0.2) is 48.7 Å². The zero-order valence-corrected chi connectivity index (χ0v) is 16.1. The fourth-order valence-electron chi connectivity index (χ4n) is 3.84. The smallest absolute Gasteiger partial charge is 0.263 e. The Hall–Kier alpha value is -3.62. The lowest BCUT2D eigenvalue weighted by atomic mass is 10.1. The molecule has 3 aromatic heterocycles. The molecule has 1 saturated heterocycles. The Kier molecular flexibility index (Phi) is 4.27. The highest BCUT2D eigenvalue weighted by atomic mass is 16.1. The van der Waals surface area contributed by atoms with Crippen molar-refractivity contribution >= 4 is 22.7 Å². The molecule has 0 bridgehead atoms. The maximum atomic E-state index is 12.6. The van der Waals surface area contributed by atoms with Gasteiger partial charge < -0.3 is 10.2 Å². The van der Waals surface area contributed by atoms with Crippen molar-refractivity contribution in [2.24, 2.45) is 7.05 Å². The largest absolute Gasteiger partial charge is 0.367 e. The molecule has 0 amide bonds. The Balaban J connectivity index is 1.42. The van der Waals surface area contributed by atoms with Gasteiger partial charge in [0.2, 0.25) is 5.95 Å². The molecule has 1 aliphatic rings. The summed E-state index contributed by atoms with van der Waals surface area (Å²) in [6, 6.07) is 9.87. The summed E-state index contributed by atoms with van der Waals surface area (Å²) in [7, 11) is 1.92. The number of hydrogen-bond acceptors (Lipinski definition) is 6. The highest BCUT2D eigenvalue weighted by Gasteiger charge is 2.22. The standard InChI is InChI=1S/C20H22N8O/c1-26-13-16(10-21-26)27-9-5-6-14(12-27)23-20-24-18-17(19(29)25-20)11-22-28(18)15-7-3-2-4-8-15/h2-4,7-8,10-11,13-14H,5-6,9,12H2,1H3,(H2,23,24,25,29). The molecule has 4 heterocycles. The molecule has 2 N–H and O–H groups in total. The summed E-state index contributed by atoms with van der Waals surface area (Å²) in [6.45, 7) is 1.82. The van der Waals surface area contributed by atoms with Crippen LogP contribution in [0.2, 0.25) is 0 Å². The number of anilines is 2. The van der Waals surface area contributed by atoms with Gasteiger partial charge in [-0.2, -0.15) is 15.2 Å². The number of piperidine rings is 1. The van der Waals surface area contributed by atoms with Gasteiger partial charge in [-0.3, -0.25) is 14.5 Å². The number of hydrogen-bond donors (Lipinski definition) is 2. The van der Waals surface area contributed by atoms with E-state index in [0.29, 0.717) is 17.0 Å². The maximum absolute atomic E-state index is 12.6. The van der Waals surface area contributed by atoms with Crippen LogP contribution in [0.3, 0.4) is 0 Å². The minimum Gasteiger partial charge on any atom is -0.367 e. The number of benzene rings is 1. The van der Waals surface area contributed by atoms with Crippen molar-refractivity contribution in [1.29, 1.82) is 0 Å². The number of aromatic nitrogens is 6. The van der Waals surface area contributed by atoms with Gasteiger partial charge in [-0.25, -0.2) is 4.68 Å². The first-order valence-electron chi connectivity index (χ1n) is 9.71. The molecule has 9 nitrogen and oxygen atoms in total. The summed E-state index contributed by atoms with van der Waals surface area (Å²) in [6.07, 6.45) is 7.53. The molecule has 1 unspecified atom stereocenters. The van der Waals surface area contributed by atoms with E-state index >= 15 is 0 Å². The van der Waals surface area contributed by atoms with Crippen LogP contribution in [0.4, 0.5) is 11.6 Å². The highest BCUT2D eigenvalue weighted by Crippen LogP contribution is 2.21. The zero-order valence-electron chi connectivity index (χ0n) is 16.1. The SMILES string of the molecule is Cn1cc(N2CCCC(Nc3nc4c(cnn4-c4ccccc4)c(=O)[nH]3)C2)cn1. The van der Waals surface area contributed by atoms with Crippen molar-refractivity contribution in [3.63, 3.8) is 0 Å². The fourth-order valence-corrected chi connectivity index (χ4v) is 3.84. The molecular weight excluding hydrogens is 368 g/mol. The van der Waals surface area contributed by atoms with Gasteiger partial charge in [-0.05, 0) is 25.0 Å². The third-order valence-electron chi connectivity index (χ3n) is 5.26. The van der Waals surface area contributed by atoms with Crippen LogP contribution in [0, 0.1) is 0 Å². The van der Waals surface area contributed by atoms with Gasteiger partial charge in [0, 0.05) is 32.4 Å². The molecule has 1 fully saturated rings. The van der Waals surface area contributed by atoms with Crippen LogP contribution in [0.5, 0.6) is 0 Å². The number of aromatic amines is 1. The van der Waals surface area contributed by atoms with E-state index in [2.05, 4.69) is 30.4 Å². The monoisotopic (exact) mass is 390 g/mol. The topological polar surface area (TPSA) is 96.7 Å². The maximum Gasteiger partial charge on any atom is 0.263 e. The quantitative estimate of drug-likeness (QED) is 0.553. The summed E-state index contributed by atoms with van der Waals surface area (Å²) in [5.74, 6) is 0.471. The third kappa shape index (κ3) is 3.35. The Morgan fingerprint density at radius 3 is 2.79 bits per heavy atom. The first-order chi connectivity index (χ1) is 14.2. The second kappa shape index (κ2) is 7.08. The highest BCUT2D eigenvalue weighted by molar-refractivity contribution is 5.76. The number of aryl methyl sites for hydroxylation is 1. The van der Waals surface area contributed by atoms with Gasteiger partial charge in [-0.1, -0.05) is 18.2 Å². The second-order valence-electron chi connectivity index (χ2n) is 7.35. The number of fused-ring (bicyclic) bond motifs is 1. The number of H-pyrrole nitrogens is 1. The Labute approximate surface area is 167 Å². The summed E-state index contributed by atoms with van der Waals surface area (Å²) in [5.41, 5.74) is 2.33. The van der Waals surface area contributed by atoms with Crippen molar-refractivity contribution in [3.05, 3.63) is 59.3 Å². The molecule has 9 heteroatoms. The lowest BCUT2D eigenvalue weighted by Gasteiger charge is -2.33. The summed E-state index contributed by atoms with van der Waals surface area (Å²) in [5, 5.41) is 12.5. The van der Waals surface area contributed by atoms with E-state index in [9.17, 15) is 4.79 Å². The first-order valence-corrected chi connectivity index (χ1v) is 9.71. The number of nitrogens with zero attached hydrogens (tertiary/aromatic N) is 6. The van der Waals surface area contributed by atoms with E-state index in [1.165, 1.54) is 0 Å². The minimum absolute atomic E-state index is 0.178. The van der Waals surface area contributed by atoms with Crippen molar-refractivity contribution < 1.29 is 0 Å². The Bertz CT molecular complexity index is 1190. The van der Waals surface area contributed by atoms with E-state index in [-0.39, 0.29) is 11.6 Å². The van der Waals surface area contributed by atoms with Crippen LogP contribution in [0.15, 0.2) is 53.7 Å². The molecule has 148 valence electrons. The van der Waals surface area contributed by atoms with E-state index in [1.807, 2.05) is 54.5 Å². The van der Waals surface area contributed by atoms with Gasteiger partial charge in [0.25, 0.3) is 5.56 Å². The van der Waals surface area contributed by atoms with Crippen molar-refractivity contribution in [1.82, 2.24) is 29.5 Å². The molecule has 0 saturated carbocycles. The van der Waals surface area contributed by atoms with Gasteiger partial charge in [0.1, 0.15) is 5.39 Å². The lowest BCUT2D eigenvalue weighted by Crippen LogP contribution is -2.42. The first kappa shape index (κ1) is 17.5.